The van der Waals surface area contributed by atoms with Gasteiger partial charge in [0.1, 0.15) is 17.7 Å². The fourth-order valence-electron chi connectivity index (χ4n) is 1.51. The highest BCUT2D eigenvalue weighted by molar-refractivity contribution is 5.93. The van der Waals surface area contributed by atoms with E-state index in [2.05, 4.69) is 20.5 Å². The van der Waals surface area contributed by atoms with Crippen LogP contribution in [0.1, 0.15) is 16.2 Å². The second kappa shape index (κ2) is 5.26. The average Bonchev–Trinajstić information content (AvgIpc) is 2.75. The molecule has 0 saturated heterocycles. The number of pyridine rings is 1. The monoisotopic (exact) mass is 247 g/mol. The highest BCUT2D eigenvalue weighted by Gasteiger charge is 2.09. The fraction of sp³-hybridized carbons (Fsp3) is 0.273. The van der Waals surface area contributed by atoms with Crippen molar-refractivity contribution in [3.05, 3.63) is 46.4 Å². The average molecular weight is 247 g/mol. The lowest BCUT2D eigenvalue weighted by atomic mass is 10.2. The molecule has 0 aliphatic carbocycles. The summed E-state index contributed by atoms with van der Waals surface area (Å²) in [7, 11) is 1.83. The van der Waals surface area contributed by atoms with Gasteiger partial charge in [-0.2, -0.15) is 0 Å². The number of amides is 1. The van der Waals surface area contributed by atoms with E-state index in [0.29, 0.717) is 13.0 Å². The van der Waals surface area contributed by atoms with Crippen molar-refractivity contribution in [3.8, 4) is 0 Å². The minimum absolute atomic E-state index is 0.107. The van der Waals surface area contributed by atoms with E-state index in [1.54, 1.807) is 10.9 Å². The van der Waals surface area contributed by atoms with Crippen molar-refractivity contribution in [1.29, 1.82) is 0 Å². The minimum Gasteiger partial charge on any atom is -0.367 e. The summed E-state index contributed by atoms with van der Waals surface area (Å²) in [5.41, 5.74) is -0.194. The van der Waals surface area contributed by atoms with Crippen molar-refractivity contribution >= 4 is 5.91 Å². The molecule has 0 aliphatic heterocycles. The zero-order valence-electron chi connectivity index (χ0n) is 9.88. The number of hydrogen-bond acceptors (Lipinski definition) is 4. The molecule has 0 aliphatic rings. The Labute approximate surface area is 103 Å². The highest BCUT2D eigenvalue weighted by Crippen LogP contribution is 1.92. The van der Waals surface area contributed by atoms with E-state index in [9.17, 15) is 9.59 Å². The van der Waals surface area contributed by atoms with Crippen LogP contribution in [0.3, 0.4) is 0 Å². The number of nitrogens with one attached hydrogen (secondary N) is 2. The molecular formula is C11H13N5O2. The summed E-state index contributed by atoms with van der Waals surface area (Å²) in [5.74, 6) is 0.385. The van der Waals surface area contributed by atoms with Crippen LogP contribution in [0.5, 0.6) is 0 Å². The summed E-state index contributed by atoms with van der Waals surface area (Å²) in [6.45, 7) is 0.402. The lowest BCUT2D eigenvalue weighted by Crippen LogP contribution is -2.30. The third kappa shape index (κ3) is 2.62. The summed E-state index contributed by atoms with van der Waals surface area (Å²) in [5, 5.41) is 10.3. The third-order valence-electron chi connectivity index (χ3n) is 2.51. The van der Waals surface area contributed by atoms with Gasteiger partial charge in [-0.15, -0.1) is 10.2 Å². The molecular weight excluding hydrogens is 234 g/mol. The molecule has 0 atom stereocenters. The Kier molecular flexibility index (Phi) is 3.52. The fourth-order valence-corrected chi connectivity index (χ4v) is 1.51. The first-order valence-corrected chi connectivity index (χ1v) is 5.46. The van der Waals surface area contributed by atoms with Crippen LogP contribution < -0.4 is 10.7 Å². The second-order valence-corrected chi connectivity index (χ2v) is 3.79. The molecule has 2 N–H and O–H groups in total. The van der Waals surface area contributed by atoms with E-state index < -0.39 is 0 Å². The van der Waals surface area contributed by atoms with Gasteiger partial charge >= 0.3 is 0 Å². The highest BCUT2D eigenvalue weighted by atomic mass is 16.2. The Morgan fingerprint density at radius 2 is 2.39 bits per heavy atom. The molecule has 0 bridgehead atoms. The Balaban J connectivity index is 1.92. The largest absolute Gasteiger partial charge is 0.367 e. The summed E-state index contributed by atoms with van der Waals surface area (Å²) < 4.78 is 1.78. The van der Waals surface area contributed by atoms with Crippen molar-refractivity contribution in [2.24, 2.45) is 7.05 Å². The Hall–Kier alpha value is -2.44. The SMILES string of the molecule is Cn1cnnc1CCNC(=O)c1c[nH]ccc1=O. The van der Waals surface area contributed by atoms with Crippen molar-refractivity contribution in [2.45, 2.75) is 6.42 Å². The number of aromatic amines is 1. The third-order valence-corrected chi connectivity index (χ3v) is 2.51. The van der Waals surface area contributed by atoms with Gasteiger partial charge < -0.3 is 14.9 Å². The second-order valence-electron chi connectivity index (χ2n) is 3.79. The first-order valence-electron chi connectivity index (χ1n) is 5.46. The van der Waals surface area contributed by atoms with Gasteiger partial charge in [-0.05, 0) is 0 Å². The lowest BCUT2D eigenvalue weighted by Gasteiger charge is -2.04. The summed E-state index contributed by atoms with van der Waals surface area (Å²) in [6, 6.07) is 1.32. The number of H-pyrrole nitrogens is 1. The minimum atomic E-state index is -0.390. The van der Waals surface area contributed by atoms with E-state index in [4.69, 9.17) is 0 Å². The number of carbonyl (C=O) groups is 1. The molecule has 7 heteroatoms. The summed E-state index contributed by atoms with van der Waals surface area (Å²) in [4.78, 5) is 25.8. The number of aromatic nitrogens is 4. The molecule has 2 rings (SSSR count). The molecule has 0 aromatic carbocycles. The van der Waals surface area contributed by atoms with E-state index in [0.717, 1.165) is 5.82 Å². The molecule has 0 unspecified atom stereocenters. The van der Waals surface area contributed by atoms with Crippen LogP contribution in [-0.2, 0) is 13.5 Å². The molecule has 0 radical (unpaired) electrons. The van der Waals surface area contributed by atoms with Crippen LogP contribution in [0.25, 0.3) is 0 Å². The molecule has 94 valence electrons. The van der Waals surface area contributed by atoms with Gasteiger partial charge in [0.05, 0.1) is 0 Å². The summed E-state index contributed by atoms with van der Waals surface area (Å²) >= 11 is 0. The van der Waals surface area contributed by atoms with Crippen LogP contribution in [0.15, 0.2) is 29.6 Å². The Bertz CT molecular complexity index is 601. The quantitative estimate of drug-likeness (QED) is 0.760. The molecule has 2 aromatic heterocycles. The van der Waals surface area contributed by atoms with Crippen LogP contribution in [0.4, 0.5) is 0 Å². The molecule has 0 saturated carbocycles. The first kappa shape index (κ1) is 12.0. The maximum absolute atomic E-state index is 11.7. The van der Waals surface area contributed by atoms with Crippen molar-refractivity contribution < 1.29 is 4.79 Å². The number of aryl methyl sites for hydroxylation is 1. The predicted molar refractivity (Wildman–Crippen MR) is 64.1 cm³/mol. The number of carbonyl (C=O) groups excluding carboxylic acids is 1. The summed E-state index contributed by atoms with van der Waals surface area (Å²) in [6.07, 6.45) is 5.03. The van der Waals surface area contributed by atoms with Gasteiger partial charge in [-0.1, -0.05) is 0 Å². The van der Waals surface area contributed by atoms with Gasteiger partial charge in [0.2, 0.25) is 0 Å². The van der Waals surface area contributed by atoms with Crippen molar-refractivity contribution in [1.82, 2.24) is 25.1 Å². The van der Waals surface area contributed by atoms with Gasteiger partial charge in [0, 0.05) is 38.5 Å². The van der Waals surface area contributed by atoms with Gasteiger partial charge in [-0.3, -0.25) is 9.59 Å². The van der Waals surface area contributed by atoms with Crippen LogP contribution in [0.2, 0.25) is 0 Å². The maximum Gasteiger partial charge on any atom is 0.256 e. The topological polar surface area (TPSA) is 92.7 Å². The predicted octanol–water partition coefficient (Wildman–Crippen LogP) is -0.524. The Morgan fingerprint density at radius 3 is 3.06 bits per heavy atom. The smallest absolute Gasteiger partial charge is 0.256 e. The lowest BCUT2D eigenvalue weighted by molar-refractivity contribution is 0.0952. The molecule has 7 nitrogen and oxygen atoms in total. The van der Waals surface area contributed by atoms with Crippen LogP contribution >= 0.6 is 0 Å². The van der Waals surface area contributed by atoms with E-state index >= 15 is 0 Å². The van der Waals surface area contributed by atoms with E-state index in [1.165, 1.54) is 18.5 Å². The van der Waals surface area contributed by atoms with Crippen molar-refractivity contribution in [2.75, 3.05) is 6.54 Å². The van der Waals surface area contributed by atoms with Gasteiger partial charge in [0.15, 0.2) is 5.43 Å². The number of rotatable bonds is 4. The van der Waals surface area contributed by atoms with Crippen molar-refractivity contribution in [3.63, 3.8) is 0 Å². The molecule has 0 fully saturated rings. The van der Waals surface area contributed by atoms with Gasteiger partial charge in [-0.25, -0.2) is 0 Å². The normalized spacial score (nSPS) is 10.3. The molecule has 2 aromatic rings. The zero-order chi connectivity index (χ0) is 13.0. The van der Waals surface area contributed by atoms with Crippen LogP contribution in [0, 0.1) is 0 Å². The number of hydrogen-bond donors (Lipinski definition) is 2. The van der Waals surface area contributed by atoms with Gasteiger partial charge in [0.25, 0.3) is 5.91 Å². The zero-order valence-corrected chi connectivity index (χ0v) is 9.88. The first-order chi connectivity index (χ1) is 8.68. The van der Waals surface area contributed by atoms with E-state index in [1.807, 2.05) is 7.05 Å². The molecule has 0 spiro atoms. The van der Waals surface area contributed by atoms with E-state index in [-0.39, 0.29) is 16.9 Å². The molecule has 18 heavy (non-hydrogen) atoms. The Morgan fingerprint density at radius 1 is 1.56 bits per heavy atom. The van der Waals surface area contributed by atoms with Crippen LogP contribution in [-0.4, -0.2) is 32.2 Å². The standard InChI is InChI=1S/C11H13N5O2/c1-16-7-14-15-10(16)3-5-13-11(18)8-6-12-4-2-9(8)17/h2,4,6-7H,3,5H2,1H3,(H,12,17)(H,13,18). The maximum atomic E-state index is 11.7. The number of nitrogens with zero attached hydrogens (tertiary/aromatic N) is 3. The molecule has 2 heterocycles. The molecule has 1 amide bonds.